The molecule has 2 aromatic rings. The van der Waals surface area contributed by atoms with Crippen molar-refractivity contribution in [1.29, 1.82) is 0 Å². The van der Waals surface area contributed by atoms with Crippen LogP contribution in [0, 0.1) is 0 Å². The maximum absolute atomic E-state index is 11.7. The summed E-state index contributed by atoms with van der Waals surface area (Å²) in [5.41, 5.74) is 2.50. The number of aromatic amines is 1. The Morgan fingerprint density at radius 2 is 2.05 bits per heavy atom. The molecule has 0 aliphatic heterocycles. The molecule has 0 saturated carbocycles. The Bertz CT molecular complexity index is 574. The fraction of sp³-hybridized carbons (Fsp3) is 0.400. The maximum atomic E-state index is 11.7. The minimum atomic E-state index is -0.321. The van der Waals surface area contributed by atoms with Crippen molar-refractivity contribution < 1.29 is 14.3 Å². The standard InChI is InChI=1S/C15H19NO3/c1-4-18-10(3)11-6-7-12-9-14(15(17)19-5-2)16-13(12)8-11/h6-10,16H,4-5H2,1-3H3. The van der Waals surface area contributed by atoms with Crippen LogP contribution < -0.4 is 0 Å². The molecule has 1 atom stereocenters. The molecule has 102 valence electrons. The topological polar surface area (TPSA) is 51.3 Å². The number of carbonyl (C=O) groups is 1. The quantitative estimate of drug-likeness (QED) is 0.839. The average molecular weight is 261 g/mol. The number of carbonyl (C=O) groups excluding carboxylic acids is 1. The summed E-state index contributed by atoms with van der Waals surface area (Å²) in [5, 5.41) is 0.996. The van der Waals surface area contributed by atoms with Gasteiger partial charge in [0.1, 0.15) is 5.69 Å². The molecule has 0 aliphatic rings. The molecule has 1 N–H and O–H groups in total. The number of esters is 1. The van der Waals surface area contributed by atoms with E-state index in [4.69, 9.17) is 9.47 Å². The Balaban J connectivity index is 2.30. The highest BCUT2D eigenvalue weighted by atomic mass is 16.5. The Hall–Kier alpha value is -1.81. The molecule has 4 nitrogen and oxygen atoms in total. The number of hydrogen-bond acceptors (Lipinski definition) is 3. The Kier molecular flexibility index (Phi) is 4.22. The normalized spacial score (nSPS) is 12.6. The Morgan fingerprint density at radius 1 is 1.26 bits per heavy atom. The highest BCUT2D eigenvalue weighted by Gasteiger charge is 2.12. The van der Waals surface area contributed by atoms with Gasteiger partial charge in [0.25, 0.3) is 0 Å². The van der Waals surface area contributed by atoms with E-state index in [1.165, 1.54) is 0 Å². The summed E-state index contributed by atoms with van der Waals surface area (Å²) in [7, 11) is 0. The maximum Gasteiger partial charge on any atom is 0.354 e. The summed E-state index contributed by atoms with van der Waals surface area (Å²) >= 11 is 0. The van der Waals surface area contributed by atoms with Gasteiger partial charge in [-0.1, -0.05) is 12.1 Å². The van der Waals surface area contributed by atoms with Crippen molar-refractivity contribution in [1.82, 2.24) is 4.98 Å². The number of hydrogen-bond donors (Lipinski definition) is 1. The summed E-state index contributed by atoms with van der Waals surface area (Å²) in [5.74, 6) is -0.321. The minimum absolute atomic E-state index is 0.0451. The Morgan fingerprint density at radius 3 is 2.74 bits per heavy atom. The van der Waals surface area contributed by atoms with Crippen LogP contribution in [0.2, 0.25) is 0 Å². The number of nitrogens with one attached hydrogen (secondary N) is 1. The van der Waals surface area contributed by atoms with Crippen LogP contribution in [0.4, 0.5) is 0 Å². The predicted octanol–water partition coefficient (Wildman–Crippen LogP) is 3.44. The highest BCUT2D eigenvalue weighted by molar-refractivity contribution is 5.94. The second-order valence-electron chi connectivity index (χ2n) is 4.35. The van der Waals surface area contributed by atoms with Gasteiger partial charge in [-0.05, 0) is 38.5 Å². The minimum Gasteiger partial charge on any atom is -0.461 e. The van der Waals surface area contributed by atoms with Crippen LogP contribution in [0.15, 0.2) is 24.3 Å². The lowest BCUT2D eigenvalue weighted by molar-refractivity contribution is 0.0520. The summed E-state index contributed by atoms with van der Waals surface area (Å²) in [6.07, 6.45) is 0.0451. The second kappa shape index (κ2) is 5.89. The van der Waals surface area contributed by atoms with E-state index in [0.717, 1.165) is 16.5 Å². The van der Waals surface area contributed by atoms with Crippen molar-refractivity contribution in [2.45, 2.75) is 26.9 Å². The zero-order chi connectivity index (χ0) is 13.8. The zero-order valence-electron chi connectivity index (χ0n) is 11.5. The second-order valence-corrected chi connectivity index (χ2v) is 4.35. The first-order valence-electron chi connectivity index (χ1n) is 6.57. The van der Waals surface area contributed by atoms with E-state index in [9.17, 15) is 4.79 Å². The van der Waals surface area contributed by atoms with Crippen LogP contribution in [-0.2, 0) is 9.47 Å². The zero-order valence-corrected chi connectivity index (χ0v) is 11.5. The summed E-state index contributed by atoms with van der Waals surface area (Å²) in [6.45, 7) is 6.84. The van der Waals surface area contributed by atoms with Crippen LogP contribution >= 0.6 is 0 Å². The molecule has 0 bridgehead atoms. The number of ether oxygens (including phenoxy) is 2. The average Bonchev–Trinajstić information content (AvgIpc) is 2.82. The van der Waals surface area contributed by atoms with Crippen LogP contribution in [0.1, 0.15) is 42.9 Å². The van der Waals surface area contributed by atoms with Crippen LogP contribution in [0.5, 0.6) is 0 Å². The molecular weight excluding hydrogens is 242 g/mol. The van der Waals surface area contributed by atoms with Crippen molar-refractivity contribution in [3.63, 3.8) is 0 Å². The smallest absolute Gasteiger partial charge is 0.354 e. The third kappa shape index (κ3) is 2.96. The molecule has 0 amide bonds. The van der Waals surface area contributed by atoms with Gasteiger partial charge >= 0.3 is 5.97 Å². The van der Waals surface area contributed by atoms with E-state index >= 15 is 0 Å². The van der Waals surface area contributed by atoms with Crippen molar-refractivity contribution in [3.8, 4) is 0 Å². The number of H-pyrrole nitrogens is 1. The first kappa shape index (κ1) is 13.6. The van der Waals surface area contributed by atoms with Crippen molar-refractivity contribution in [3.05, 3.63) is 35.5 Å². The lowest BCUT2D eigenvalue weighted by Crippen LogP contribution is -2.04. The molecule has 1 aromatic carbocycles. The largest absolute Gasteiger partial charge is 0.461 e. The molecule has 2 rings (SSSR count). The third-order valence-corrected chi connectivity index (χ3v) is 3.03. The molecule has 1 unspecified atom stereocenters. The number of aromatic nitrogens is 1. The molecule has 1 aromatic heterocycles. The van der Waals surface area contributed by atoms with Gasteiger partial charge in [0, 0.05) is 17.5 Å². The summed E-state index contributed by atoms with van der Waals surface area (Å²) in [4.78, 5) is 14.7. The summed E-state index contributed by atoms with van der Waals surface area (Å²) in [6, 6.07) is 7.83. The number of rotatable bonds is 5. The van der Waals surface area contributed by atoms with E-state index in [2.05, 4.69) is 4.98 Å². The van der Waals surface area contributed by atoms with Crippen LogP contribution in [0.25, 0.3) is 10.9 Å². The predicted molar refractivity (Wildman–Crippen MR) is 74.3 cm³/mol. The number of benzene rings is 1. The van der Waals surface area contributed by atoms with Crippen molar-refractivity contribution >= 4 is 16.9 Å². The molecular formula is C15H19NO3. The van der Waals surface area contributed by atoms with Gasteiger partial charge in [0.15, 0.2) is 0 Å². The van der Waals surface area contributed by atoms with Crippen molar-refractivity contribution in [2.75, 3.05) is 13.2 Å². The first-order valence-corrected chi connectivity index (χ1v) is 6.57. The van der Waals surface area contributed by atoms with Gasteiger partial charge < -0.3 is 14.5 Å². The Labute approximate surface area is 112 Å². The molecule has 0 saturated heterocycles. The van der Waals surface area contributed by atoms with E-state index in [1.54, 1.807) is 6.92 Å². The molecule has 19 heavy (non-hydrogen) atoms. The highest BCUT2D eigenvalue weighted by Crippen LogP contribution is 2.23. The fourth-order valence-corrected chi connectivity index (χ4v) is 2.06. The van der Waals surface area contributed by atoms with Gasteiger partial charge in [0.05, 0.1) is 12.7 Å². The van der Waals surface area contributed by atoms with E-state index < -0.39 is 0 Å². The number of fused-ring (bicyclic) bond motifs is 1. The van der Waals surface area contributed by atoms with Gasteiger partial charge in [-0.25, -0.2) is 4.79 Å². The van der Waals surface area contributed by atoms with Crippen LogP contribution in [0.3, 0.4) is 0 Å². The van der Waals surface area contributed by atoms with Gasteiger partial charge in [-0.3, -0.25) is 0 Å². The SMILES string of the molecule is CCOC(=O)c1cc2ccc(C(C)OCC)cc2[nH]1. The van der Waals surface area contributed by atoms with Crippen molar-refractivity contribution in [2.24, 2.45) is 0 Å². The van der Waals surface area contributed by atoms with Gasteiger partial charge in [-0.2, -0.15) is 0 Å². The monoisotopic (exact) mass is 261 g/mol. The molecule has 0 aliphatic carbocycles. The van der Waals surface area contributed by atoms with Crippen LogP contribution in [-0.4, -0.2) is 24.2 Å². The van der Waals surface area contributed by atoms with E-state index in [1.807, 2.05) is 38.1 Å². The summed E-state index contributed by atoms with van der Waals surface area (Å²) < 4.78 is 10.5. The molecule has 0 radical (unpaired) electrons. The lowest BCUT2D eigenvalue weighted by atomic mass is 10.1. The molecule has 0 spiro atoms. The third-order valence-electron chi connectivity index (χ3n) is 3.03. The molecule has 4 heteroatoms. The fourth-order valence-electron chi connectivity index (χ4n) is 2.06. The first-order chi connectivity index (χ1) is 9.15. The van der Waals surface area contributed by atoms with E-state index in [0.29, 0.717) is 18.9 Å². The van der Waals surface area contributed by atoms with Gasteiger partial charge in [-0.15, -0.1) is 0 Å². The van der Waals surface area contributed by atoms with Gasteiger partial charge in [0.2, 0.25) is 0 Å². The lowest BCUT2D eigenvalue weighted by Gasteiger charge is -2.11. The molecule has 1 heterocycles. The molecule has 0 fully saturated rings. The van der Waals surface area contributed by atoms with E-state index in [-0.39, 0.29) is 12.1 Å².